The second-order valence-electron chi connectivity index (χ2n) is 4.46. The SMILES string of the molecule is OC[C@H]1O[C@@H](n2ccc3ccsc3c2=S)C(O)C1O. The van der Waals surface area contributed by atoms with Crippen LogP contribution in [0.4, 0.5) is 0 Å². The molecule has 3 heterocycles. The van der Waals surface area contributed by atoms with Crippen molar-refractivity contribution in [2.75, 3.05) is 6.61 Å². The van der Waals surface area contributed by atoms with Gasteiger partial charge in [0.05, 0.1) is 11.3 Å². The molecule has 0 aliphatic carbocycles. The molecule has 2 unspecified atom stereocenters. The van der Waals surface area contributed by atoms with Gasteiger partial charge in [0.2, 0.25) is 0 Å². The number of aromatic nitrogens is 1. The Labute approximate surface area is 118 Å². The summed E-state index contributed by atoms with van der Waals surface area (Å²) in [4.78, 5) is 0. The Bertz CT molecular complexity index is 652. The number of fused-ring (bicyclic) bond motifs is 1. The molecule has 2 aromatic heterocycles. The molecule has 3 N–H and O–H groups in total. The lowest BCUT2D eigenvalue weighted by Crippen LogP contribution is -2.33. The van der Waals surface area contributed by atoms with Crippen molar-refractivity contribution in [1.29, 1.82) is 0 Å². The highest BCUT2D eigenvalue weighted by Crippen LogP contribution is 2.32. The first-order chi connectivity index (χ1) is 9.13. The first-order valence-corrected chi connectivity index (χ1v) is 7.13. The molecule has 1 aliphatic rings. The van der Waals surface area contributed by atoms with Gasteiger partial charge in [-0.1, -0.05) is 12.2 Å². The molecule has 19 heavy (non-hydrogen) atoms. The van der Waals surface area contributed by atoms with E-state index in [0.29, 0.717) is 4.64 Å². The maximum atomic E-state index is 10.0. The quantitative estimate of drug-likeness (QED) is 0.723. The number of hydrogen-bond acceptors (Lipinski definition) is 6. The molecule has 0 amide bonds. The zero-order valence-corrected chi connectivity index (χ0v) is 11.5. The van der Waals surface area contributed by atoms with Crippen LogP contribution < -0.4 is 0 Å². The molecular formula is C12H13NO4S2. The third-order valence-corrected chi connectivity index (χ3v) is 4.81. The van der Waals surface area contributed by atoms with Gasteiger partial charge < -0.3 is 24.6 Å². The van der Waals surface area contributed by atoms with E-state index in [1.54, 1.807) is 10.8 Å². The van der Waals surface area contributed by atoms with Crippen molar-refractivity contribution in [3.8, 4) is 0 Å². The van der Waals surface area contributed by atoms with Crippen LogP contribution in [0, 0.1) is 4.64 Å². The predicted molar refractivity (Wildman–Crippen MR) is 73.7 cm³/mol. The molecular weight excluding hydrogens is 286 g/mol. The van der Waals surface area contributed by atoms with Crippen molar-refractivity contribution in [3.63, 3.8) is 0 Å². The lowest BCUT2D eigenvalue weighted by atomic mass is 10.1. The van der Waals surface area contributed by atoms with Gasteiger partial charge in [-0.2, -0.15) is 0 Å². The fraction of sp³-hybridized carbons (Fsp3) is 0.417. The van der Waals surface area contributed by atoms with Gasteiger partial charge in [0, 0.05) is 6.20 Å². The summed E-state index contributed by atoms with van der Waals surface area (Å²) in [5, 5.41) is 31.9. The Balaban J connectivity index is 2.05. The van der Waals surface area contributed by atoms with Crippen molar-refractivity contribution >= 4 is 33.6 Å². The normalized spacial score (nSPS) is 31.1. The molecule has 1 aliphatic heterocycles. The van der Waals surface area contributed by atoms with E-state index in [9.17, 15) is 10.2 Å². The molecule has 2 aromatic rings. The predicted octanol–water partition coefficient (Wildman–Crippen LogP) is 1.04. The lowest BCUT2D eigenvalue weighted by molar-refractivity contribution is -0.0533. The average molecular weight is 299 g/mol. The molecule has 7 heteroatoms. The molecule has 1 saturated heterocycles. The summed E-state index contributed by atoms with van der Waals surface area (Å²) < 4.78 is 8.60. The maximum absolute atomic E-state index is 10.0. The standard InChI is InChI=1S/C12H13NO4S2/c14-5-7-8(15)9(16)11(17-7)13-3-1-6-2-4-19-10(6)12(13)18/h1-4,7-9,11,14-16H,5H2/t7-,8?,9?,11-/m1/s1. The van der Waals surface area contributed by atoms with Crippen LogP contribution in [0.25, 0.3) is 10.1 Å². The Morgan fingerprint density at radius 1 is 1.32 bits per heavy atom. The van der Waals surface area contributed by atoms with Crippen LogP contribution in [0.15, 0.2) is 23.7 Å². The van der Waals surface area contributed by atoms with E-state index in [1.165, 1.54) is 11.3 Å². The van der Waals surface area contributed by atoms with Crippen LogP contribution in [-0.2, 0) is 4.74 Å². The number of pyridine rings is 1. The minimum Gasteiger partial charge on any atom is -0.394 e. The third kappa shape index (κ3) is 2.03. The zero-order chi connectivity index (χ0) is 13.6. The highest BCUT2D eigenvalue weighted by Gasteiger charge is 2.43. The van der Waals surface area contributed by atoms with Crippen molar-refractivity contribution in [2.45, 2.75) is 24.5 Å². The molecule has 1 fully saturated rings. The molecule has 0 spiro atoms. The van der Waals surface area contributed by atoms with Crippen LogP contribution in [0.2, 0.25) is 0 Å². The summed E-state index contributed by atoms with van der Waals surface area (Å²) in [6.07, 6.45) is -2.05. The first-order valence-electron chi connectivity index (χ1n) is 5.84. The minimum atomic E-state index is -1.11. The second-order valence-corrected chi connectivity index (χ2v) is 5.76. The van der Waals surface area contributed by atoms with E-state index in [0.717, 1.165) is 10.1 Å². The Morgan fingerprint density at radius 3 is 2.79 bits per heavy atom. The van der Waals surface area contributed by atoms with Crippen LogP contribution in [-0.4, -0.2) is 44.8 Å². The summed E-state index contributed by atoms with van der Waals surface area (Å²) in [5.41, 5.74) is 0. The Kier molecular flexibility index (Phi) is 3.42. The number of rotatable bonds is 2. The average Bonchev–Trinajstić information content (AvgIpc) is 2.98. The summed E-state index contributed by atoms with van der Waals surface area (Å²) in [7, 11) is 0. The van der Waals surface area contributed by atoms with Crippen LogP contribution in [0.1, 0.15) is 6.23 Å². The summed E-state index contributed by atoms with van der Waals surface area (Å²) in [6, 6.07) is 3.85. The van der Waals surface area contributed by atoms with Crippen LogP contribution in [0.5, 0.6) is 0 Å². The molecule has 0 bridgehead atoms. The second kappa shape index (κ2) is 4.93. The van der Waals surface area contributed by atoms with Gasteiger partial charge in [-0.25, -0.2) is 0 Å². The van der Waals surface area contributed by atoms with Gasteiger partial charge in [-0.05, 0) is 22.9 Å². The Morgan fingerprint density at radius 2 is 2.11 bits per heavy atom. The van der Waals surface area contributed by atoms with Crippen LogP contribution >= 0.6 is 23.6 Å². The summed E-state index contributed by atoms with van der Waals surface area (Å²) in [5.74, 6) is 0. The molecule has 4 atom stereocenters. The van der Waals surface area contributed by atoms with E-state index >= 15 is 0 Å². The van der Waals surface area contributed by atoms with Crippen molar-refractivity contribution in [2.24, 2.45) is 0 Å². The first kappa shape index (κ1) is 13.2. The molecule has 0 aromatic carbocycles. The largest absolute Gasteiger partial charge is 0.394 e. The highest BCUT2D eigenvalue weighted by atomic mass is 32.1. The number of ether oxygens (including phenoxy) is 1. The number of aliphatic hydroxyl groups is 3. The van der Waals surface area contributed by atoms with Crippen molar-refractivity contribution in [3.05, 3.63) is 28.4 Å². The van der Waals surface area contributed by atoms with Crippen molar-refractivity contribution in [1.82, 2.24) is 4.57 Å². The van der Waals surface area contributed by atoms with Gasteiger partial charge in [0.15, 0.2) is 6.23 Å². The number of thiophene rings is 1. The van der Waals surface area contributed by atoms with Gasteiger partial charge in [0.25, 0.3) is 0 Å². The third-order valence-electron chi connectivity index (χ3n) is 3.33. The molecule has 102 valence electrons. The minimum absolute atomic E-state index is 0.344. The highest BCUT2D eigenvalue weighted by molar-refractivity contribution is 7.71. The van der Waals surface area contributed by atoms with Gasteiger partial charge in [-0.15, -0.1) is 11.3 Å². The van der Waals surface area contributed by atoms with Gasteiger partial charge in [-0.3, -0.25) is 0 Å². The van der Waals surface area contributed by atoms with Crippen LogP contribution in [0.3, 0.4) is 0 Å². The van der Waals surface area contributed by atoms with E-state index in [4.69, 9.17) is 22.1 Å². The van der Waals surface area contributed by atoms with E-state index in [1.807, 2.05) is 17.5 Å². The summed E-state index contributed by atoms with van der Waals surface area (Å²) in [6.45, 7) is -0.344. The van der Waals surface area contributed by atoms with Crippen molar-refractivity contribution < 1.29 is 20.1 Å². The fourth-order valence-electron chi connectivity index (χ4n) is 2.28. The number of aliphatic hydroxyl groups excluding tert-OH is 3. The maximum Gasteiger partial charge on any atom is 0.164 e. The number of hydrogen-bond donors (Lipinski definition) is 3. The fourth-order valence-corrected chi connectivity index (χ4v) is 3.54. The molecule has 0 saturated carbocycles. The zero-order valence-electron chi connectivity index (χ0n) is 9.84. The smallest absolute Gasteiger partial charge is 0.164 e. The number of nitrogens with zero attached hydrogens (tertiary/aromatic N) is 1. The lowest BCUT2D eigenvalue weighted by Gasteiger charge is -2.18. The molecule has 3 rings (SSSR count). The van der Waals surface area contributed by atoms with E-state index < -0.39 is 24.5 Å². The molecule has 0 radical (unpaired) electrons. The molecule has 5 nitrogen and oxygen atoms in total. The monoisotopic (exact) mass is 299 g/mol. The summed E-state index contributed by atoms with van der Waals surface area (Å²) >= 11 is 6.91. The Hall–Kier alpha value is -0.830. The van der Waals surface area contributed by atoms with Gasteiger partial charge in [0.1, 0.15) is 23.0 Å². The topological polar surface area (TPSA) is 74.9 Å². The van der Waals surface area contributed by atoms with E-state index in [-0.39, 0.29) is 6.61 Å². The van der Waals surface area contributed by atoms with Gasteiger partial charge >= 0.3 is 0 Å². The van der Waals surface area contributed by atoms with E-state index in [2.05, 4.69) is 0 Å².